The van der Waals surface area contributed by atoms with E-state index in [4.69, 9.17) is 0 Å². The summed E-state index contributed by atoms with van der Waals surface area (Å²) in [5.41, 5.74) is -0.223. The Labute approximate surface area is 99.8 Å². The summed E-state index contributed by atoms with van der Waals surface area (Å²) >= 11 is 0. The van der Waals surface area contributed by atoms with Gasteiger partial charge in [-0.05, 0) is 31.6 Å². The first kappa shape index (κ1) is 12.0. The third-order valence-corrected chi connectivity index (χ3v) is 3.56. The number of carbonyl (C=O) groups is 1. The molecule has 6 nitrogen and oxygen atoms in total. The number of nitrogens with zero attached hydrogens (tertiary/aromatic N) is 2. The average Bonchev–Trinajstić information content (AvgIpc) is 2.86. The number of hydrogen-bond donors (Lipinski definition) is 3. The average molecular weight is 238 g/mol. The zero-order chi connectivity index (χ0) is 12.3. The highest BCUT2D eigenvalue weighted by Gasteiger charge is 2.35. The number of H-pyrrole nitrogens is 1. The molecule has 1 aliphatic carbocycles. The number of aliphatic hydroxyl groups excluding tert-OH is 1. The van der Waals surface area contributed by atoms with Crippen molar-refractivity contribution in [1.29, 1.82) is 0 Å². The second kappa shape index (κ2) is 4.83. The molecular formula is C11H18N4O2. The smallest absolute Gasteiger partial charge is 0.273 e. The zero-order valence-corrected chi connectivity index (χ0v) is 9.94. The Balaban J connectivity index is 2.02. The molecule has 6 heteroatoms. The molecule has 1 aliphatic rings. The van der Waals surface area contributed by atoms with Crippen LogP contribution in [0.1, 0.15) is 43.1 Å². The van der Waals surface area contributed by atoms with Crippen LogP contribution in [0, 0.1) is 5.92 Å². The van der Waals surface area contributed by atoms with Crippen molar-refractivity contribution in [3.05, 3.63) is 11.9 Å². The lowest BCUT2D eigenvalue weighted by atomic mass is 9.77. The van der Waals surface area contributed by atoms with Crippen LogP contribution in [0.2, 0.25) is 0 Å². The van der Waals surface area contributed by atoms with Gasteiger partial charge < -0.3 is 10.4 Å². The fraction of sp³-hybridized carbons (Fsp3) is 0.727. The van der Waals surface area contributed by atoms with Crippen molar-refractivity contribution >= 4 is 5.91 Å². The van der Waals surface area contributed by atoms with Crippen molar-refractivity contribution in [2.45, 2.75) is 38.1 Å². The number of hydrogen-bond acceptors (Lipinski definition) is 4. The topological polar surface area (TPSA) is 90.9 Å². The number of nitrogens with one attached hydrogen (secondary N) is 2. The molecule has 1 fully saturated rings. The summed E-state index contributed by atoms with van der Waals surface area (Å²) < 4.78 is 0. The van der Waals surface area contributed by atoms with E-state index in [-0.39, 0.29) is 18.2 Å². The first-order chi connectivity index (χ1) is 8.15. The van der Waals surface area contributed by atoms with E-state index in [2.05, 4.69) is 27.7 Å². The van der Waals surface area contributed by atoms with E-state index in [1.54, 1.807) is 0 Å². The largest absolute Gasteiger partial charge is 0.394 e. The van der Waals surface area contributed by atoms with E-state index < -0.39 is 5.54 Å². The Bertz CT molecular complexity index is 369. The summed E-state index contributed by atoms with van der Waals surface area (Å²) in [5, 5.41) is 22.1. The summed E-state index contributed by atoms with van der Waals surface area (Å²) in [7, 11) is 0. The molecule has 0 aromatic carbocycles. The number of aromatic nitrogens is 3. The minimum Gasteiger partial charge on any atom is -0.394 e. The van der Waals surface area contributed by atoms with Crippen LogP contribution in [-0.2, 0) is 0 Å². The summed E-state index contributed by atoms with van der Waals surface area (Å²) in [6.45, 7) is 2.17. The van der Waals surface area contributed by atoms with E-state index >= 15 is 0 Å². The molecule has 0 bridgehead atoms. The molecule has 3 N–H and O–H groups in total. The molecule has 0 spiro atoms. The van der Waals surface area contributed by atoms with Gasteiger partial charge in [0.2, 0.25) is 0 Å². The normalized spacial score (nSPS) is 28.9. The minimum absolute atomic E-state index is 0.0245. The highest BCUT2D eigenvalue weighted by molar-refractivity contribution is 5.92. The molecule has 1 aromatic heterocycles. The Morgan fingerprint density at radius 3 is 2.88 bits per heavy atom. The quantitative estimate of drug-likeness (QED) is 0.714. The maximum atomic E-state index is 11.9. The van der Waals surface area contributed by atoms with Crippen LogP contribution < -0.4 is 5.32 Å². The molecule has 0 radical (unpaired) electrons. The van der Waals surface area contributed by atoms with Crippen LogP contribution in [0.15, 0.2) is 6.20 Å². The van der Waals surface area contributed by atoms with E-state index in [0.29, 0.717) is 5.92 Å². The molecule has 17 heavy (non-hydrogen) atoms. The second-order valence-electron chi connectivity index (χ2n) is 4.93. The van der Waals surface area contributed by atoms with Gasteiger partial charge in [0.25, 0.3) is 5.91 Å². The molecule has 0 unspecified atom stereocenters. The van der Waals surface area contributed by atoms with Gasteiger partial charge in [0.05, 0.1) is 18.3 Å². The highest BCUT2D eigenvalue weighted by Crippen LogP contribution is 2.31. The highest BCUT2D eigenvalue weighted by atomic mass is 16.3. The van der Waals surface area contributed by atoms with Crippen LogP contribution in [0.4, 0.5) is 0 Å². The fourth-order valence-corrected chi connectivity index (χ4v) is 2.25. The van der Waals surface area contributed by atoms with Crippen LogP contribution in [0.5, 0.6) is 0 Å². The maximum Gasteiger partial charge on any atom is 0.273 e. The van der Waals surface area contributed by atoms with Gasteiger partial charge in [0.1, 0.15) is 0 Å². The van der Waals surface area contributed by atoms with Gasteiger partial charge in [-0.3, -0.25) is 4.79 Å². The predicted octanol–water partition coefficient (Wildman–Crippen LogP) is 0.476. The lowest BCUT2D eigenvalue weighted by Gasteiger charge is -2.38. The number of carbonyl (C=O) groups excluding carboxylic acids is 1. The van der Waals surface area contributed by atoms with Gasteiger partial charge in [-0.25, -0.2) is 0 Å². The third kappa shape index (κ3) is 2.63. The monoisotopic (exact) mass is 238 g/mol. The Morgan fingerprint density at radius 1 is 1.65 bits per heavy atom. The molecule has 1 amide bonds. The molecule has 0 saturated heterocycles. The van der Waals surface area contributed by atoms with Gasteiger partial charge in [0, 0.05) is 0 Å². The van der Waals surface area contributed by atoms with Crippen molar-refractivity contribution in [3.8, 4) is 0 Å². The summed E-state index contributed by atoms with van der Waals surface area (Å²) in [6.07, 6.45) is 5.06. The van der Waals surface area contributed by atoms with Crippen LogP contribution >= 0.6 is 0 Å². The Hall–Kier alpha value is -1.43. The van der Waals surface area contributed by atoms with E-state index in [1.165, 1.54) is 6.20 Å². The molecule has 2 rings (SSSR count). The maximum absolute atomic E-state index is 11.9. The Morgan fingerprint density at radius 2 is 2.35 bits per heavy atom. The van der Waals surface area contributed by atoms with Crippen molar-refractivity contribution in [2.75, 3.05) is 6.61 Å². The van der Waals surface area contributed by atoms with E-state index in [1.807, 2.05) is 0 Å². The van der Waals surface area contributed by atoms with Gasteiger partial charge in [-0.1, -0.05) is 6.92 Å². The number of rotatable bonds is 3. The number of aliphatic hydroxyl groups is 1. The first-order valence-corrected chi connectivity index (χ1v) is 5.94. The van der Waals surface area contributed by atoms with E-state index in [9.17, 15) is 9.90 Å². The molecule has 1 aromatic rings. The van der Waals surface area contributed by atoms with Crippen molar-refractivity contribution in [1.82, 2.24) is 20.7 Å². The number of amides is 1. The zero-order valence-electron chi connectivity index (χ0n) is 9.94. The second-order valence-corrected chi connectivity index (χ2v) is 4.93. The van der Waals surface area contributed by atoms with Gasteiger partial charge in [-0.15, -0.1) is 0 Å². The summed E-state index contributed by atoms with van der Waals surface area (Å²) in [5.74, 6) is 0.390. The van der Waals surface area contributed by atoms with Gasteiger partial charge >= 0.3 is 0 Å². The molecular weight excluding hydrogens is 220 g/mol. The van der Waals surface area contributed by atoms with Crippen molar-refractivity contribution < 1.29 is 9.90 Å². The van der Waals surface area contributed by atoms with Crippen molar-refractivity contribution in [3.63, 3.8) is 0 Å². The summed E-state index contributed by atoms with van der Waals surface area (Å²) in [4.78, 5) is 11.9. The van der Waals surface area contributed by atoms with Gasteiger partial charge in [-0.2, -0.15) is 15.4 Å². The van der Waals surface area contributed by atoms with Crippen molar-refractivity contribution in [2.24, 2.45) is 5.92 Å². The first-order valence-electron chi connectivity index (χ1n) is 5.94. The predicted molar refractivity (Wildman–Crippen MR) is 61.3 cm³/mol. The third-order valence-electron chi connectivity index (χ3n) is 3.56. The minimum atomic E-state index is -0.484. The van der Waals surface area contributed by atoms with Crippen LogP contribution in [0.3, 0.4) is 0 Å². The van der Waals surface area contributed by atoms with E-state index in [0.717, 1.165) is 25.7 Å². The molecule has 0 atom stereocenters. The van der Waals surface area contributed by atoms with Gasteiger partial charge in [0.15, 0.2) is 5.69 Å². The SMILES string of the molecule is CC1CCC(CO)(NC(=O)c2cn[nH]n2)CC1. The number of aromatic amines is 1. The fourth-order valence-electron chi connectivity index (χ4n) is 2.25. The standard InChI is InChI=1S/C11H18N4O2/c1-8-2-4-11(7-16,5-3-8)13-10(17)9-6-12-15-14-9/h6,8,16H,2-5,7H2,1H3,(H,13,17)(H,12,14,15). The lowest BCUT2D eigenvalue weighted by Crippen LogP contribution is -2.53. The lowest BCUT2D eigenvalue weighted by molar-refractivity contribution is 0.0712. The summed E-state index contributed by atoms with van der Waals surface area (Å²) in [6, 6.07) is 0. The molecule has 1 saturated carbocycles. The molecule has 1 heterocycles. The van der Waals surface area contributed by atoms with Crippen LogP contribution in [-0.4, -0.2) is 38.6 Å². The molecule has 0 aliphatic heterocycles. The molecule has 94 valence electrons. The Kier molecular flexibility index (Phi) is 3.42. The van der Waals surface area contributed by atoms with Crippen LogP contribution in [0.25, 0.3) is 0 Å².